The van der Waals surface area contributed by atoms with Gasteiger partial charge in [0.05, 0.1) is 19.8 Å². The molecule has 0 unspecified atom stereocenters. The summed E-state index contributed by atoms with van der Waals surface area (Å²) >= 11 is 0. The first kappa shape index (κ1) is 18.7. The summed E-state index contributed by atoms with van der Waals surface area (Å²) in [4.78, 5) is 12.3. The van der Waals surface area contributed by atoms with E-state index >= 15 is 0 Å². The van der Waals surface area contributed by atoms with Gasteiger partial charge in [0, 0.05) is 5.69 Å². The van der Waals surface area contributed by atoms with Gasteiger partial charge in [-0.2, -0.15) is 0 Å². The maximum absolute atomic E-state index is 12.3. The number of nitrogens with one attached hydrogen (secondary N) is 1. The number of rotatable bonds is 7. The SMILES string of the molecule is CCOC(=O)[C@H](O)[C@@H](Nc1ccc(OC)cc1)c1cccc2ccccc12. The molecular weight excluding hydrogens is 342 g/mol. The van der Waals surface area contributed by atoms with Crippen molar-refractivity contribution in [2.24, 2.45) is 0 Å². The van der Waals surface area contributed by atoms with Gasteiger partial charge in [-0.1, -0.05) is 42.5 Å². The summed E-state index contributed by atoms with van der Waals surface area (Å²) < 4.78 is 10.2. The lowest BCUT2D eigenvalue weighted by atomic mass is 9.95. The van der Waals surface area contributed by atoms with Crippen LogP contribution in [0.3, 0.4) is 0 Å². The fourth-order valence-corrected chi connectivity index (χ4v) is 3.08. The number of fused-ring (bicyclic) bond motifs is 1. The molecule has 0 radical (unpaired) electrons. The first-order valence-corrected chi connectivity index (χ1v) is 8.87. The summed E-state index contributed by atoms with van der Waals surface area (Å²) in [7, 11) is 1.60. The van der Waals surface area contributed by atoms with Gasteiger partial charge in [-0.15, -0.1) is 0 Å². The molecule has 140 valence electrons. The van der Waals surface area contributed by atoms with Crippen LogP contribution in [0.5, 0.6) is 5.75 Å². The fourth-order valence-electron chi connectivity index (χ4n) is 3.08. The van der Waals surface area contributed by atoms with Crippen LogP contribution in [0.2, 0.25) is 0 Å². The molecule has 0 heterocycles. The van der Waals surface area contributed by atoms with E-state index in [1.807, 2.05) is 66.7 Å². The van der Waals surface area contributed by atoms with Gasteiger partial charge in [-0.05, 0) is 47.5 Å². The zero-order valence-electron chi connectivity index (χ0n) is 15.4. The molecule has 0 aliphatic rings. The van der Waals surface area contributed by atoms with Crippen LogP contribution in [0.4, 0.5) is 5.69 Å². The van der Waals surface area contributed by atoms with Crippen LogP contribution in [0, 0.1) is 0 Å². The highest BCUT2D eigenvalue weighted by molar-refractivity contribution is 5.88. The Morgan fingerprint density at radius 2 is 1.74 bits per heavy atom. The van der Waals surface area contributed by atoms with E-state index in [-0.39, 0.29) is 6.61 Å². The predicted molar refractivity (Wildman–Crippen MR) is 106 cm³/mol. The second kappa shape index (κ2) is 8.56. The Morgan fingerprint density at radius 1 is 1.04 bits per heavy atom. The standard InChI is InChI=1S/C22H23NO4/c1-3-27-22(25)21(24)20(23-16-11-13-17(26-2)14-12-16)19-10-6-8-15-7-4-5-9-18(15)19/h4-14,20-21,23-24H,3H2,1-2H3/t20-,21+/m0/s1. The van der Waals surface area contributed by atoms with Crippen LogP contribution < -0.4 is 10.1 Å². The molecule has 0 saturated heterocycles. The normalized spacial score (nSPS) is 13.0. The van der Waals surface area contributed by atoms with E-state index < -0.39 is 18.1 Å². The monoisotopic (exact) mass is 365 g/mol. The predicted octanol–water partition coefficient (Wildman–Crippen LogP) is 3.93. The van der Waals surface area contributed by atoms with Gasteiger partial charge < -0.3 is 19.9 Å². The topological polar surface area (TPSA) is 67.8 Å². The van der Waals surface area contributed by atoms with Gasteiger partial charge in [0.2, 0.25) is 0 Å². The second-order valence-electron chi connectivity index (χ2n) is 6.12. The summed E-state index contributed by atoms with van der Waals surface area (Å²) in [5.41, 5.74) is 1.58. The maximum Gasteiger partial charge on any atom is 0.337 e. The first-order chi connectivity index (χ1) is 13.1. The summed E-state index contributed by atoms with van der Waals surface area (Å²) in [6.45, 7) is 1.93. The van der Waals surface area contributed by atoms with Crippen molar-refractivity contribution in [2.75, 3.05) is 19.0 Å². The van der Waals surface area contributed by atoms with Crippen molar-refractivity contribution in [2.45, 2.75) is 19.1 Å². The molecule has 2 N–H and O–H groups in total. The Kier molecular flexibility index (Phi) is 5.94. The third-order valence-electron chi connectivity index (χ3n) is 4.41. The number of hydrogen-bond donors (Lipinski definition) is 2. The fraction of sp³-hybridized carbons (Fsp3) is 0.227. The van der Waals surface area contributed by atoms with E-state index in [0.717, 1.165) is 27.8 Å². The molecule has 0 aliphatic heterocycles. The van der Waals surface area contributed by atoms with E-state index in [1.54, 1.807) is 14.0 Å². The van der Waals surface area contributed by atoms with Crippen LogP contribution in [-0.2, 0) is 9.53 Å². The third kappa shape index (κ3) is 4.20. The van der Waals surface area contributed by atoms with Crippen LogP contribution in [0.15, 0.2) is 66.7 Å². The highest BCUT2D eigenvalue weighted by atomic mass is 16.5. The lowest BCUT2D eigenvalue weighted by Gasteiger charge is -2.25. The minimum atomic E-state index is -1.35. The number of esters is 1. The molecule has 5 heteroatoms. The molecule has 0 spiro atoms. The summed E-state index contributed by atoms with van der Waals surface area (Å²) in [6.07, 6.45) is -1.35. The number of benzene rings is 3. The Balaban J connectivity index is 2.01. The molecule has 3 aromatic carbocycles. The zero-order chi connectivity index (χ0) is 19.2. The van der Waals surface area contributed by atoms with Crippen molar-refractivity contribution in [3.63, 3.8) is 0 Å². The number of ether oxygens (including phenoxy) is 2. The Hall–Kier alpha value is -3.05. The summed E-state index contributed by atoms with van der Waals surface area (Å²) in [5, 5.41) is 16.0. The van der Waals surface area contributed by atoms with E-state index in [0.29, 0.717) is 0 Å². The van der Waals surface area contributed by atoms with E-state index in [9.17, 15) is 9.90 Å². The van der Waals surface area contributed by atoms with Gasteiger partial charge in [0.1, 0.15) is 5.75 Å². The summed E-state index contributed by atoms with van der Waals surface area (Å²) in [6, 6.07) is 20.4. The second-order valence-corrected chi connectivity index (χ2v) is 6.12. The van der Waals surface area contributed by atoms with Gasteiger partial charge in [0.15, 0.2) is 6.10 Å². The van der Waals surface area contributed by atoms with Crippen molar-refractivity contribution in [1.29, 1.82) is 0 Å². The van der Waals surface area contributed by atoms with Crippen molar-refractivity contribution in [1.82, 2.24) is 0 Å². The Bertz CT molecular complexity index is 902. The smallest absolute Gasteiger partial charge is 0.337 e. The molecule has 0 aliphatic carbocycles. The molecule has 2 atom stereocenters. The molecule has 27 heavy (non-hydrogen) atoms. The van der Waals surface area contributed by atoms with Crippen molar-refractivity contribution >= 4 is 22.4 Å². The maximum atomic E-state index is 12.3. The number of hydrogen-bond acceptors (Lipinski definition) is 5. The minimum Gasteiger partial charge on any atom is -0.497 e. The highest BCUT2D eigenvalue weighted by Crippen LogP contribution is 2.30. The molecule has 3 rings (SSSR count). The number of carbonyl (C=O) groups excluding carboxylic acids is 1. The lowest BCUT2D eigenvalue weighted by molar-refractivity contribution is -0.153. The van der Waals surface area contributed by atoms with Crippen molar-refractivity contribution in [3.8, 4) is 5.75 Å². The molecular formula is C22H23NO4. The Morgan fingerprint density at radius 3 is 2.44 bits per heavy atom. The number of carbonyl (C=O) groups is 1. The molecule has 0 fully saturated rings. The largest absolute Gasteiger partial charge is 0.497 e. The van der Waals surface area contributed by atoms with E-state index in [1.165, 1.54) is 0 Å². The first-order valence-electron chi connectivity index (χ1n) is 8.87. The van der Waals surface area contributed by atoms with Gasteiger partial charge >= 0.3 is 5.97 Å². The number of aliphatic hydroxyl groups excluding tert-OH is 1. The van der Waals surface area contributed by atoms with Gasteiger partial charge in [-0.25, -0.2) is 4.79 Å². The highest BCUT2D eigenvalue weighted by Gasteiger charge is 2.30. The van der Waals surface area contributed by atoms with Crippen molar-refractivity contribution in [3.05, 3.63) is 72.3 Å². The molecule has 5 nitrogen and oxygen atoms in total. The average Bonchev–Trinajstić information content (AvgIpc) is 2.72. The average molecular weight is 365 g/mol. The molecule has 0 aromatic heterocycles. The minimum absolute atomic E-state index is 0.209. The van der Waals surface area contributed by atoms with Crippen molar-refractivity contribution < 1.29 is 19.4 Å². The summed E-state index contributed by atoms with van der Waals surface area (Å²) in [5.74, 6) is 0.0737. The molecule has 0 amide bonds. The Labute approximate surface area is 158 Å². The molecule has 3 aromatic rings. The van der Waals surface area contributed by atoms with Gasteiger partial charge in [-0.3, -0.25) is 0 Å². The van der Waals surface area contributed by atoms with Gasteiger partial charge in [0.25, 0.3) is 0 Å². The van der Waals surface area contributed by atoms with E-state index in [2.05, 4.69) is 5.32 Å². The van der Waals surface area contributed by atoms with Crippen LogP contribution in [0.25, 0.3) is 10.8 Å². The zero-order valence-corrected chi connectivity index (χ0v) is 15.4. The van der Waals surface area contributed by atoms with Crippen LogP contribution in [-0.4, -0.2) is 30.9 Å². The quantitative estimate of drug-likeness (QED) is 0.621. The molecule has 0 saturated carbocycles. The molecule has 0 bridgehead atoms. The number of anilines is 1. The van der Waals surface area contributed by atoms with E-state index in [4.69, 9.17) is 9.47 Å². The number of aliphatic hydroxyl groups is 1. The lowest BCUT2D eigenvalue weighted by Crippen LogP contribution is -2.34. The third-order valence-corrected chi connectivity index (χ3v) is 4.41. The van der Waals surface area contributed by atoms with Crippen LogP contribution in [0.1, 0.15) is 18.5 Å². The van der Waals surface area contributed by atoms with Crippen LogP contribution >= 0.6 is 0 Å². The number of methoxy groups -OCH3 is 1.